The van der Waals surface area contributed by atoms with Crippen molar-refractivity contribution in [2.75, 3.05) is 5.43 Å². The van der Waals surface area contributed by atoms with Gasteiger partial charge in [0.05, 0.1) is 17.0 Å². The number of hydrogen-bond donors (Lipinski definition) is 2. The van der Waals surface area contributed by atoms with Crippen LogP contribution < -0.4 is 10.2 Å². The van der Waals surface area contributed by atoms with Gasteiger partial charge < -0.3 is 9.84 Å². The lowest BCUT2D eigenvalue weighted by Gasteiger charge is -2.06. The fourth-order valence-electron chi connectivity index (χ4n) is 1.78. The van der Waals surface area contributed by atoms with Gasteiger partial charge >= 0.3 is 12.6 Å². The van der Waals surface area contributed by atoms with E-state index < -0.39 is 12.6 Å². The zero-order valence-electron chi connectivity index (χ0n) is 12.2. The van der Waals surface area contributed by atoms with Crippen LogP contribution in [0.15, 0.2) is 53.6 Å². The maximum atomic E-state index is 12.1. The Bertz CT molecular complexity index is 698. The van der Waals surface area contributed by atoms with E-state index in [9.17, 15) is 13.6 Å². The molecule has 2 N–H and O–H groups in total. The maximum absolute atomic E-state index is 12.1. The molecule has 0 aliphatic rings. The summed E-state index contributed by atoms with van der Waals surface area (Å²) in [4.78, 5) is 10.8. The zero-order valence-corrected chi connectivity index (χ0v) is 12.2. The smallest absolute Gasteiger partial charge is 0.387 e. The van der Waals surface area contributed by atoms with Crippen LogP contribution in [0, 0.1) is 0 Å². The summed E-state index contributed by atoms with van der Waals surface area (Å²) >= 11 is 0. The third-order valence-corrected chi connectivity index (χ3v) is 2.98. The second-order valence-corrected chi connectivity index (χ2v) is 4.59. The number of carboxylic acid groups (broad SMARTS) is 1. The lowest BCUT2D eigenvalue weighted by molar-refractivity contribution is -0.0498. The number of anilines is 1. The van der Waals surface area contributed by atoms with E-state index in [-0.39, 0.29) is 11.3 Å². The van der Waals surface area contributed by atoms with E-state index in [4.69, 9.17) is 5.11 Å². The molecule has 0 saturated heterocycles. The molecule has 0 unspecified atom stereocenters. The van der Waals surface area contributed by atoms with Crippen LogP contribution in [0.2, 0.25) is 0 Å². The highest BCUT2D eigenvalue weighted by molar-refractivity contribution is 5.99. The number of ether oxygens (including phenoxy) is 1. The molecule has 0 bridgehead atoms. The number of carbonyl (C=O) groups is 1. The highest BCUT2D eigenvalue weighted by Crippen LogP contribution is 2.16. The molecule has 2 aromatic rings. The number of carboxylic acids is 1. The molecule has 7 heteroatoms. The monoisotopic (exact) mass is 320 g/mol. The highest BCUT2D eigenvalue weighted by atomic mass is 19.3. The highest BCUT2D eigenvalue weighted by Gasteiger charge is 2.05. The molecule has 0 aliphatic heterocycles. The molecule has 0 radical (unpaired) electrons. The number of aromatic carboxylic acids is 1. The van der Waals surface area contributed by atoms with Crippen molar-refractivity contribution in [2.24, 2.45) is 5.10 Å². The maximum Gasteiger partial charge on any atom is 0.387 e. The summed E-state index contributed by atoms with van der Waals surface area (Å²) in [7, 11) is 0. The number of nitrogens with zero attached hydrogens (tertiary/aromatic N) is 1. The minimum absolute atomic E-state index is 0.0776. The Morgan fingerprint density at radius 2 is 1.65 bits per heavy atom. The topological polar surface area (TPSA) is 70.9 Å². The van der Waals surface area contributed by atoms with Gasteiger partial charge in [-0.05, 0) is 61.0 Å². The molecule has 5 nitrogen and oxygen atoms in total. The van der Waals surface area contributed by atoms with E-state index >= 15 is 0 Å². The van der Waals surface area contributed by atoms with Crippen molar-refractivity contribution in [3.8, 4) is 5.75 Å². The lowest BCUT2D eigenvalue weighted by atomic mass is 10.1. The fraction of sp³-hybridized carbons (Fsp3) is 0.125. The van der Waals surface area contributed by atoms with Crippen molar-refractivity contribution in [3.05, 3.63) is 59.7 Å². The molecule has 0 spiro atoms. The van der Waals surface area contributed by atoms with E-state index in [0.717, 1.165) is 5.56 Å². The molecule has 0 saturated carbocycles. The Morgan fingerprint density at radius 1 is 1.09 bits per heavy atom. The van der Waals surface area contributed by atoms with Crippen LogP contribution in [0.3, 0.4) is 0 Å². The van der Waals surface area contributed by atoms with Gasteiger partial charge in [-0.3, -0.25) is 5.43 Å². The van der Waals surface area contributed by atoms with Gasteiger partial charge in [-0.2, -0.15) is 13.9 Å². The summed E-state index contributed by atoms with van der Waals surface area (Å²) in [5.74, 6) is -0.920. The molecule has 0 aromatic heterocycles. The van der Waals surface area contributed by atoms with E-state index in [1.54, 1.807) is 31.2 Å². The number of halogens is 2. The molecule has 120 valence electrons. The Labute approximate surface area is 131 Å². The Morgan fingerprint density at radius 3 is 2.17 bits per heavy atom. The average molecular weight is 320 g/mol. The number of benzene rings is 2. The molecule has 2 rings (SSSR count). The first-order valence-corrected chi connectivity index (χ1v) is 6.64. The summed E-state index contributed by atoms with van der Waals surface area (Å²) in [6.45, 7) is -1.10. The van der Waals surface area contributed by atoms with Crippen LogP contribution in [0.1, 0.15) is 22.8 Å². The molecule has 0 fully saturated rings. The van der Waals surface area contributed by atoms with Gasteiger partial charge in [0.15, 0.2) is 0 Å². The predicted molar refractivity (Wildman–Crippen MR) is 82.3 cm³/mol. The summed E-state index contributed by atoms with van der Waals surface area (Å²) in [6.07, 6.45) is 0. The number of hydrazone groups is 1. The first-order valence-electron chi connectivity index (χ1n) is 6.64. The molecular formula is C16H14F2N2O3. The Kier molecular flexibility index (Phi) is 5.24. The summed E-state index contributed by atoms with van der Waals surface area (Å²) in [5, 5.41) is 13.0. The standard InChI is InChI=1S/C16H14F2N2O3/c1-10(11-4-8-14(9-5-11)23-16(17)18)19-20-13-6-2-12(3-7-13)15(21)22/h2-9,16,20H,1H3,(H,21,22)/b19-10-. The summed E-state index contributed by atoms with van der Waals surface area (Å²) in [6, 6.07) is 12.2. The lowest BCUT2D eigenvalue weighted by Crippen LogP contribution is -2.03. The van der Waals surface area contributed by atoms with Gasteiger partial charge in [-0.1, -0.05) is 0 Å². The predicted octanol–water partition coefficient (Wildman–Crippen LogP) is 3.82. The first-order chi connectivity index (χ1) is 11.0. The van der Waals surface area contributed by atoms with Gasteiger partial charge in [-0.15, -0.1) is 0 Å². The van der Waals surface area contributed by atoms with Crippen molar-refractivity contribution in [3.63, 3.8) is 0 Å². The zero-order chi connectivity index (χ0) is 16.8. The van der Waals surface area contributed by atoms with Crippen LogP contribution in [-0.2, 0) is 0 Å². The van der Waals surface area contributed by atoms with Gasteiger partial charge in [0.25, 0.3) is 0 Å². The van der Waals surface area contributed by atoms with Gasteiger partial charge in [0.2, 0.25) is 0 Å². The van der Waals surface area contributed by atoms with Crippen LogP contribution >= 0.6 is 0 Å². The first kappa shape index (κ1) is 16.4. The number of hydrogen-bond acceptors (Lipinski definition) is 4. The minimum atomic E-state index is -2.86. The molecule has 0 aliphatic carbocycles. The Balaban J connectivity index is 2.03. The molecule has 0 amide bonds. The Hall–Kier alpha value is -2.96. The summed E-state index contributed by atoms with van der Waals surface area (Å²) in [5.41, 5.74) is 4.99. The van der Waals surface area contributed by atoms with E-state index in [0.29, 0.717) is 11.4 Å². The molecule has 2 aromatic carbocycles. The van der Waals surface area contributed by atoms with Gasteiger partial charge in [-0.25, -0.2) is 4.79 Å². The molecule has 23 heavy (non-hydrogen) atoms. The van der Waals surface area contributed by atoms with Crippen molar-refractivity contribution in [2.45, 2.75) is 13.5 Å². The van der Waals surface area contributed by atoms with Crippen LogP contribution in [0.4, 0.5) is 14.5 Å². The third kappa shape index (κ3) is 4.77. The largest absolute Gasteiger partial charge is 0.478 e. The van der Waals surface area contributed by atoms with Crippen molar-refractivity contribution < 1.29 is 23.4 Å². The van der Waals surface area contributed by atoms with E-state index in [1.807, 2.05) is 0 Å². The van der Waals surface area contributed by atoms with Gasteiger partial charge in [0.1, 0.15) is 5.75 Å². The number of rotatable bonds is 6. The molecule has 0 heterocycles. The van der Waals surface area contributed by atoms with Crippen LogP contribution in [0.5, 0.6) is 5.75 Å². The quantitative estimate of drug-likeness (QED) is 0.627. The van der Waals surface area contributed by atoms with Crippen molar-refractivity contribution in [1.29, 1.82) is 0 Å². The normalized spacial score (nSPS) is 11.4. The van der Waals surface area contributed by atoms with Gasteiger partial charge in [0, 0.05) is 0 Å². The minimum Gasteiger partial charge on any atom is -0.478 e. The second kappa shape index (κ2) is 7.35. The fourth-order valence-corrected chi connectivity index (χ4v) is 1.78. The number of nitrogens with one attached hydrogen (secondary N) is 1. The third-order valence-electron chi connectivity index (χ3n) is 2.98. The average Bonchev–Trinajstić information content (AvgIpc) is 2.53. The van der Waals surface area contributed by atoms with Crippen LogP contribution in [-0.4, -0.2) is 23.4 Å². The second-order valence-electron chi connectivity index (χ2n) is 4.59. The summed E-state index contributed by atoms with van der Waals surface area (Å²) < 4.78 is 28.4. The molecular weight excluding hydrogens is 306 g/mol. The van der Waals surface area contributed by atoms with Crippen LogP contribution in [0.25, 0.3) is 0 Å². The van der Waals surface area contributed by atoms with Crippen molar-refractivity contribution >= 4 is 17.4 Å². The molecule has 0 atom stereocenters. The SMILES string of the molecule is C/C(=N/Nc1ccc(C(=O)O)cc1)c1ccc(OC(F)F)cc1. The van der Waals surface area contributed by atoms with Crippen molar-refractivity contribution in [1.82, 2.24) is 0 Å². The van der Waals surface area contributed by atoms with E-state index in [1.165, 1.54) is 24.3 Å². The number of alkyl halides is 2. The van der Waals surface area contributed by atoms with E-state index in [2.05, 4.69) is 15.3 Å².